The third-order valence-electron chi connectivity index (χ3n) is 3.42. The number of alkyl carbamates (subject to hydrolysis) is 1. The van der Waals surface area contributed by atoms with Gasteiger partial charge in [-0.05, 0) is 68.0 Å². The summed E-state index contributed by atoms with van der Waals surface area (Å²) in [5.41, 5.74) is 0.550. The highest BCUT2D eigenvalue weighted by Crippen LogP contribution is 2.27. The van der Waals surface area contributed by atoms with Crippen LogP contribution in [0.5, 0.6) is 0 Å². The lowest BCUT2D eigenvalue weighted by Gasteiger charge is -2.23. The number of rotatable bonds is 12. The summed E-state index contributed by atoms with van der Waals surface area (Å²) < 4.78 is 5.33. The summed E-state index contributed by atoms with van der Waals surface area (Å²) in [6, 6.07) is 1.98. The summed E-state index contributed by atoms with van der Waals surface area (Å²) in [5.74, 6) is 1.04. The first-order valence-electron chi connectivity index (χ1n) is 8.68. The van der Waals surface area contributed by atoms with Crippen LogP contribution in [0, 0.1) is 5.92 Å². The standard InChI is InChI=1S/C18H29NO4S4/c1-18(2,3)23-17(22)19-15(6-7-24-4)12-27-26-11-14(16(20)21)9-13-5-8-25-10-13/h5,8,10,14-15H,6-7,9,11-12H2,1-4H3,(H,19,22)(H,20,21)/t14?,15-/m0/s1. The molecule has 0 fully saturated rings. The number of hydrogen-bond acceptors (Lipinski definition) is 7. The Kier molecular flexibility index (Phi) is 11.7. The van der Waals surface area contributed by atoms with E-state index in [1.54, 1.807) is 44.7 Å². The molecule has 1 amide bonds. The molecule has 0 aliphatic heterocycles. The smallest absolute Gasteiger partial charge is 0.407 e. The van der Waals surface area contributed by atoms with Crippen LogP contribution >= 0.6 is 44.7 Å². The highest BCUT2D eigenvalue weighted by Gasteiger charge is 2.21. The zero-order valence-electron chi connectivity index (χ0n) is 16.2. The summed E-state index contributed by atoms with van der Waals surface area (Å²) in [6.07, 6.45) is 3.04. The van der Waals surface area contributed by atoms with Gasteiger partial charge in [-0.25, -0.2) is 4.79 Å². The van der Waals surface area contributed by atoms with Gasteiger partial charge < -0.3 is 15.2 Å². The zero-order chi connectivity index (χ0) is 20.3. The fraction of sp³-hybridized carbons (Fsp3) is 0.667. The van der Waals surface area contributed by atoms with E-state index in [1.807, 2.05) is 43.9 Å². The van der Waals surface area contributed by atoms with E-state index in [0.29, 0.717) is 12.2 Å². The van der Waals surface area contributed by atoms with Crippen LogP contribution in [0.2, 0.25) is 0 Å². The van der Waals surface area contributed by atoms with E-state index in [9.17, 15) is 14.7 Å². The zero-order valence-corrected chi connectivity index (χ0v) is 19.5. The van der Waals surface area contributed by atoms with Gasteiger partial charge in [0.05, 0.1) is 5.92 Å². The average Bonchev–Trinajstić information content (AvgIpc) is 3.06. The maximum atomic E-state index is 12.0. The minimum atomic E-state index is -0.764. The van der Waals surface area contributed by atoms with Gasteiger partial charge in [0.2, 0.25) is 0 Å². The molecule has 1 heterocycles. The van der Waals surface area contributed by atoms with Gasteiger partial charge in [0.25, 0.3) is 0 Å². The Morgan fingerprint density at radius 2 is 2.00 bits per heavy atom. The van der Waals surface area contributed by atoms with Crippen molar-refractivity contribution in [3.05, 3.63) is 22.4 Å². The molecule has 0 spiro atoms. The Morgan fingerprint density at radius 3 is 2.56 bits per heavy atom. The topological polar surface area (TPSA) is 75.6 Å². The lowest BCUT2D eigenvalue weighted by molar-refractivity contribution is -0.140. The number of thioether (sulfide) groups is 1. The Bertz CT molecular complexity index is 560. The Hall–Kier alpha value is -0.510. The van der Waals surface area contributed by atoms with E-state index in [0.717, 1.165) is 23.5 Å². The predicted molar refractivity (Wildman–Crippen MR) is 120 cm³/mol. The molecule has 0 aliphatic rings. The second-order valence-corrected chi connectivity index (χ2v) is 11.4. The Morgan fingerprint density at radius 1 is 1.30 bits per heavy atom. The van der Waals surface area contributed by atoms with Gasteiger partial charge in [0.1, 0.15) is 5.60 Å². The second-order valence-electron chi connectivity index (χ2n) is 7.06. The monoisotopic (exact) mass is 451 g/mol. The highest BCUT2D eigenvalue weighted by atomic mass is 33.1. The van der Waals surface area contributed by atoms with Crippen LogP contribution in [-0.2, 0) is 16.0 Å². The molecule has 0 bridgehead atoms. The largest absolute Gasteiger partial charge is 0.481 e. The van der Waals surface area contributed by atoms with Crippen molar-refractivity contribution >= 4 is 56.7 Å². The van der Waals surface area contributed by atoms with Crippen LogP contribution in [0.3, 0.4) is 0 Å². The van der Waals surface area contributed by atoms with Crippen LogP contribution in [0.1, 0.15) is 32.8 Å². The first kappa shape index (κ1) is 24.5. The number of hydrogen-bond donors (Lipinski definition) is 2. The molecule has 0 radical (unpaired) electrons. The van der Waals surface area contributed by atoms with Gasteiger partial charge in [0.15, 0.2) is 0 Å². The number of thiophene rings is 1. The van der Waals surface area contributed by atoms with Crippen molar-refractivity contribution in [3.63, 3.8) is 0 Å². The maximum Gasteiger partial charge on any atom is 0.407 e. The number of carbonyl (C=O) groups is 2. The van der Waals surface area contributed by atoms with Gasteiger partial charge in [0, 0.05) is 17.5 Å². The minimum Gasteiger partial charge on any atom is -0.481 e. The van der Waals surface area contributed by atoms with Gasteiger partial charge in [-0.2, -0.15) is 23.1 Å². The van der Waals surface area contributed by atoms with E-state index >= 15 is 0 Å². The van der Waals surface area contributed by atoms with Gasteiger partial charge in [-0.1, -0.05) is 21.6 Å². The number of carbonyl (C=O) groups excluding carboxylic acids is 1. The number of carboxylic acids is 1. The molecule has 1 aromatic heterocycles. The van der Waals surface area contributed by atoms with Gasteiger partial charge >= 0.3 is 12.1 Å². The van der Waals surface area contributed by atoms with E-state index in [2.05, 4.69) is 5.32 Å². The molecule has 0 saturated carbocycles. The summed E-state index contributed by atoms with van der Waals surface area (Å²) in [6.45, 7) is 5.52. The molecule has 2 atom stereocenters. The molecule has 154 valence electrons. The Balaban J connectivity index is 2.42. The van der Waals surface area contributed by atoms with E-state index in [-0.39, 0.29) is 6.04 Å². The van der Waals surface area contributed by atoms with Crippen LogP contribution in [0.15, 0.2) is 16.8 Å². The molecular formula is C18H29NO4S4. The highest BCUT2D eigenvalue weighted by molar-refractivity contribution is 8.76. The number of aliphatic carboxylic acids is 1. The number of carboxylic acid groups (broad SMARTS) is 1. The molecule has 1 unspecified atom stereocenters. The van der Waals surface area contributed by atoms with Crippen molar-refractivity contribution in [3.8, 4) is 0 Å². The van der Waals surface area contributed by atoms with E-state index in [4.69, 9.17) is 4.74 Å². The fourth-order valence-electron chi connectivity index (χ4n) is 2.10. The van der Waals surface area contributed by atoms with E-state index < -0.39 is 23.6 Å². The third-order valence-corrected chi connectivity index (χ3v) is 7.36. The summed E-state index contributed by atoms with van der Waals surface area (Å²) in [4.78, 5) is 23.5. The molecule has 0 saturated heterocycles. The average molecular weight is 452 g/mol. The summed E-state index contributed by atoms with van der Waals surface area (Å²) >= 11 is 3.32. The first-order chi connectivity index (χ1) is 12.7. The number of ether oxygens (including phenoxy) is 1. The first-order valence-corrected chi connectivity index (χ1v) is 13.5. The number of amides is 1. The minimum absolute atomic E-state index is 0.00459. The van der Waals surface area contributed by atoms with Gasteiger partial charge in [-0.15, -0.1) is 0 Å². The van der Waals surface area contributed by atoms with E-state index in [1.165, 1.54) is 0 Å². The molecule has 2 N–H and O–H groups in total. The quantitative estimate of drug-likeness (QED) is 0.341. The fourth-order valence-corrected chi connectivity index (χ4v) is 5.90. The molecular weight excluding hydrogens is 422 g/mol. The SMILES string of the molecule is CSCC[C@@H](CSSCC(Cc1ccsc1)C(=O)O)NC(=O)OC(C)(C)C. The summed E-state index contributed by atoms with van der Waals surface area (Å²) in [5, 5.41) is 16.3. The van der Waals surface area contributed by atoms with Crippen molar-refractivity contribution in [1.82, 2.24) is 5.32 Å². The second kappa shape index (κ2) is 12.9. The molecule has 9 heteroatoms. The van der Waals surface area contributed by atoms with Crippen molar-refractivity contribution in [1.29, 1.82) is 0 Å². The van der Waals surface area contributed by atoms with Crippen molar-refractivity contribution in [2.45, 2.75) is 45.3 Å². The van der Waals surface area contributed by atoms with Crippen LogP contribution in [0.4, 0.5) is 4.79 Å². The Labute approximate surface area is 178 Å². The molecule has 27 heavy (non-hydrogen) atoms. The molecule has 0 aromatic carbocycles. The molecule has 5 nitrogen and oxygen atoms in total. The third kappa shape index (κ3) is 11.8. The van der Waals surface area contributed by atoms with Crippen molar-refractivity contribution < 1.29 is 19.4 Å². The lowest BCUT2D eigenvalue weighted by atomic mass is 10.0. The predicted octanol–water partition coefficient (Wildman–Crippen LogP) is 5.02. The normalized spacial score (nSPS) is 13.8. The lowest BCUT2D eigenvalue weighted by Crippen LogP contribution is -2.40. The molecule has 1 rings (SSSR count). The molecule has 0 aliphatic carbocycles. The van der Waals surface area contributed by atoms with Crippen LogP contribution in [-0.4, -0.2) is 52.3 Å². The number of nitrogens with one attached hydrogen (secondary N) is 1. The van der Waals surface area contributed by atoms with Crippen LogP contribution in [0.25, 0.3) is 0 Å². The van der Waals surface area contributed by atoms with Gasteiger partial charge in [-0.3, -0.25) is 4.79 Å². The van der Waals surface area contributed by atoms with Crippen molar-refractivity contribution in [2.24, 2.45) is 5.92 Å². The van der Waals surface area contributed by atoms with Crippen molar-refractivity contribution in [2.75, 3.05) is 23.5 Å². The van der Waals surface area contributed by atoms with Crippen LogP contribution < -0.4 is 5.32 Å². The summed E-state index contributed by atoms with van der Waals surface area (Å²) in [7, 11) is 3.16. The maximum absolute atomic E-state index is 12.0. The molecule has 1 aromatic rings.